The van der Waals surface area contributed by atoms with Gasteiger partial charge in [-0.3, -0.25) is 0 Å². The minimum atomic E-state index is -0.322. The Morgan fingerprint density at radius 2 is 2.00 bits per heavy atom. The highest BCUT2D eigenvalue weighted by Gasteiger charge is 2.15. The summed E-state index contributed by atoms with van der Waals surface area (Å²) in [5.74, 6) is -0.0444. The van der Waals surface area contributed by atoms with Gasteiger partial charge in [0.25, 0.3) is 0 Å². The maximum Gasteiger partial charge on any atom is 0.165 e. The van der Waals surface area contributed by atoms with E-state index >= 15 is 0 Å². The molecule has 2 rings (SSSR count). The average Bonchev–Trinajstić information content (AvgIpc) is 2.47. The lowest BCUT2D eigenvalue weighted by atomic mass is 9.98. The number of benzene rings is 2. The van der Waals surface area contributed by atoms with Crippen molar-refractivity contribution < 1.29 is 9.13 Å². The Bertz CT molecular complexity index is 603. The maximum atomic E-state index is 13.8. The SMILES string of the molecule is CCNC(Cc1ccc(OC)c(F)c1)c1ccccc1Br. The first kappa shape index (κ1) is 16.0. The van der Waals surface area contributed by atoms with Crippen LogP contribution < -0.4 is 10.1 Å². The van der Waals surface area contributed by atoms with Crippen LogP contribution in [0.15, 0.2) is 46.9 Å². The lowest BCUT2D eigenvalue weighted by molar-refractivity contribution is 0.386. The minimum absolute atomic E-state index is 0.137. The molecule has 1 unspecified atom stereocenters. The lowest BCUT2D eigenvalue weighted by Crippen LogP contribution is -2.23. The molecule has 0 heterocycles. The molecule has 0 bridgehead atoms. The summed E-state index contributed by atoms with van der Waals surface area (Å²) in [4.78, 5) is 0. The van der Waals surface area contributed by atoms with Gasteiger partial charge in [-0.15, -0.1) is 0 Å². The highest BCUT2D eigenvalue weighted by Crippen LogP contribution is 2.27. The molecule has 0 radical (unpaired) electrons. The van der Waals surface area contributed by atoms with Crippen LogP contribution in [-0.4, -0.2) is 13.7 Å². The number of methoxy groups -OCH3 is 1. The second-order valence-electron chi connectivity index (χ2n) is 4.80. The number of halogens is 2. The van der Waals surface area contributed by atoms with Crippen LogP contribution in [0.4, 0.5) is 4.39 Å². The van der Waals surface area contributed by atoms with Gasteiger partial charge in [0.15, 0.2) is 11.6 Å². The van der Waals surface area contributed by atoms with E-state index in [1.165, 1.54) is 12.7 Å². The highest BCUT2D eigenvalue weighted by atomic mass is 79.9. The van der Waals surface area contributed by atoms with Crippen molar-refractivity contribution in [1.29, 1.82) is 0 Å². The zero-order chi connectivity index (χ0) is 15.2. The zero-order valence-corrected chi connectivity index (χ0v) is 13.8. The second-order valence-corrected chi connectivity index (χ2v) is 5.66. The molecule has 0 aromatic heterocycles. The van der Waals surface area contributed by atoms with Crippen LogP contribution in [0, 0.1) is 5.82 Å². The van der Waals surface area contributed by atoms with Crippen LogP contribution in [0.1, 0.15) is 24.1 Å². The monoisotopic (exact) mass is 351 g/mol. The van der Waals surface area contributed by atoms with E-state index in [2.05, 4.69) is 34.2 Å². The number of hydrogen-bond donors (Lipinski definition) is 1. The molecule has 4 heteroatoms. The molecule has 0 saturated carbocycles. The molecule has 0 aliphatic carbocycles. The molecule has 1 atom stereocenters. The summed E-state index contributed by atoms with van der Waals surface area (Å²) < 4.78 is 19.8. The van der Waals surface area contributed by atoms with Gasteiger partial charge in [-0.25, -0.2) is 4.39 Å². The third-order valence-corrected chi connectivity index (χ3v) is 4.11. The fourth-order valence-corrected chi connectivity index (χ4v) is 2.93. The van der Waals surface area contributed by atoms with E-state index < -0.39 is 0 Å². The van der Waals surface area contributed by atoms with Gasteiger partial charge in [0.2, 0.25) is 0 Å². The Hall–Kier alpha value is -1.39. The largest absolute Gasteiger partial charge is 0.494 e. The fourth-order valence-electron chi connectivity index (χ4n) is 2.37. The summed E-state index contributed by atoms with van der Waals surface area (Å²) in [6.07, 6.45) is 0.720. The summed E-state index contributed by atoms with van der Waals surface area (Å²) in [7, 11) is 1.47. The summed E-state index contributed by atoms with van der Waals surface area (Å²) in [6.45, 7) is 2.92. The van der Waals surface area contributed by atoms with E-state index in [1.54, 1.807) is 12.1 Å². The first-order valence-electron chi connectivity index (χ1n) is 6.96. The molecule has 1 N–H and O–H groups in total. The van der Waals surface area contributed by atoms with Crippen LogP contribution in [0.3, 0.4) is 0 Å². The van der Waals surface area contributed by atoms with Gasteiger partial charge in [-0.05, 0) is 42.3 Å². The van der Waals surface area contributed by atoms with Gasteiger partial charge >= 0.3 is 0 Å². The van der Waals surface area contributed by atoms with E-state index in [9.17, 15) is 4.39 Å². The van der Waals surface area contributed by atoms with Crippen LogP contribution in [0.25, 0.3) is 0 Å². The van der Waals surface area contributed by atoms with Crippen molar-refractivity contribution in [2.24, 2.45) is 0 Å². The van der Waals surface area contributed by atoms with Gasteiger partial charge in [0.1, 0.15) is 0 Å². The normalized spacial score (nSPS) is 12.2. The minimum Gasteiger partial charge on any atom is -0.494 e. The molecule has 2 nitrogen and oxygen atoms in total. The number of hydrogen-bond acceptors (Lipinski definition) is 2. The third kappa shape index (κ3) is 4.05. The van der Waals surface area contributed by atoms with Gasteiger partial charge in [-0.1, -0.05) is 47.1 Å². The Morgan fingerprint density at radius 3 is 2.62 bits per heavy atom. The summed E-state index contributed by atoms with van der Waals surface area (Å²) in [6, 6.07) is 13.4. The molecule has 2 aromatic rings. The van der Waals surface area contributed by atoms with E-state index in [0.29, 0.717) is 0 Å². The molecule has 0 aliphatic heterocycles. The lowest BCUT2D eigenvalue weighted by Gasteiger charge is -2.20. The quantitative estimate of drug-likeness (QED) is 0.827. The molecular formula is C17H19BrFNO. The predicted molar refractivity (Wildman–Crippen MR) is 87.2 cm³/mol. The van der Waals surface area contributed by atoms with E-state index in [-0.39, 0.29) is 17.6 Å². The Balaban J connectivity index is 2.24. The number of nitrogens with one attached hydrogen (secondary N) is 1. The van der Waals surface area contributed by atoms with Crippen molar-refractivity contribution in [3.05, 3.63) is 63.9 Å². The van der Waals surface area contributed by atoms with Crippen LogP contribution in [0.5, 0.6) is 5.75 Å². The number of likely N-dealkylation sites (N-methyl/N-ethyl adjacent to an activating group) is 1. The van der Waals surface area contributed by atoms with Crippen molar-refractivity contribution in [1.82, 2.24) is 5.32 Å². The molecule has 0 amide bonds. The first-order chi connectivity index (χ1) is 10.2. The Labute approximate surface area is 133 Å². The van der Waals surface area contributed by atoms with Crippen molar-refractivity contribution in [3.63, 3.8) is 0 Å². The van der Waals surface area contributed by atoms with Crippen molar-refractivity contribution >= 4 is 15.9 Å². The van der Waals surface area contributed by atoms with Gasteiger partial charge < -0.3 is 10.1 Å². The smallest absolute Gasteiger partial charge is 0.165 e. The fraction of sp³-hybridized carbons (Fsp3) is 0.294. The zero-order valence-electron chi connectivity index (χ0n) is 12.2. The molecule has 0 aliphatic rings. The van der Waals surface area contributed by atoms with Gasteiger partial charge in [0, 0.05) is 10.5 Å². The van der Waals surface area contributed by atoms with Crippen LogP contribution in [-0.2, 0) is 6.42 Å². The summed E-state index contributed by atoms with van der Waals surface area (Å²) >= 11 is 3.58. The number of rotatable bonds is 6. The van der Waals surface area contributed by atoms with Crippen molar-refractivity contribution in [2.75, 3.05) is 13.7 Å². The molecular weight excluding hydrogens is 333 g/mol. The summed E-state index contributed by atoms with van der Waals surface area (Å²) in [5.41, 5.74) is 2.12. The standard InChI is InChI=1S/C17H19BrFNO/c1-3-20-16(13-6-4-5-7-14(13)18)11-12-8-9-17(21-2)15(19)10-12/h4-10,16,20H,3,11H2,1-2H3. The average molecular weight is 352 g/mol. The first-order valence-corrected chi connectivity index (χ1v) is 7.75. The molecule has 0 saturated heterocycles. The maximum absolute atomic E-state index is 13.8. The Kier molecular flexibility index (Phi) is 5.76. The summed E-state index contributed by atoms with van der Waals surface area (Å²) in [5, 5.41) is 3.45. The molecule has 21 heavy (non-hydrogen) atoms. The third-order valence-electron chi connectivity index (χ3n) is 3.39. The van der Waals surface area contributed by atoms with E-state index in [4.69, 9.17) is 4.74 Å². The van der Waals surface area contributed by atoms with Gasteiger partial charge in [-0.2, -0.15) is 0 Å². The van der Waals surface area contributed by atoms with E-state index in [1.807, 2.05) is 24.3 Å². The molecule has 0 spiro atoms. The van der Waals surface area contributed by atoms with E-state index in [0.717, 1.165) is 23.0 Å². The topological polar surface area (TPSA) is 21.3 Å². The van der Waals surface area contributed by atoms with Crippen molar-refractivity contribution in [2.45, 2.75) is 19.4 Å². The van der Waals surface area contributed by atoms with Crippen LogP contribution in [0.2, 0.25) is 0 Å². The molecule has 2 aromatic carbocycles. The van der Waals surface area contributed by atoms with Crippen molar-refractivity contribution in [3.8, 4) is 5.75 Å². The second kappa shape index (κ2) is 7.57. The Morgan fingerprint density at radius 1 is 1.24 bits per heavy atom. The van der Waals surface area contributed by atoms with Gasteiger partial charge in [0.05, 0.1) is 7.11 Å². The molecule has 0 fully saturated rings. The number of ether oxygens (including phenoxy) is 1. The highest BCUT2D eigenvalue weighted by molar-refractivity contribution is 9.10. The van der Waals surface area contributed by atoms with Crippen LogP contribution >= 0.6 is 15.9 Å². The predicted octanol–water partition coefficient (Wildman–Crippen LogP) is 4.49. The molecule has 112 valence electrons.